The SMILES string of the molecule is C#C[C@]1(O)CC[C@H]2[C@@H]3CCc4cc(O)cc(OS(=O)(=O)N(CC)CC)c4[C@H]3CCC21C. The van der Waals surface area contributed by atoms with Crippen molar-refractivity contribution in [2.75, 3.05) is 13.1 Å². The smallest absolute Gasteiger partial charge is 0.385 e. The topological polar surface area (TPSA) is 87.1 Å². The lowest BCUT2D eigenvalue weighted by molar-refractivity contribution is -0.0648. The first-order valence-corrected chi connectivity index (χ1v) is 12.7. The van der Waals surface area contributed by atoms with E-state index in [1.807, 2.05) is 0 Å². The lowest BCUT2D eigenvalue weighted by Crippen LogP contribution is -2.50. The predicted molar refractivity (Wildman–Crippen MR) is 119 cm³/mol. The number of fused-ring (bicyclic) bond motifs is 5. The number of phenols is 1. The first kappa shape index (κ1) is 22.4. The molecule has 0 aliphatic heterocycles. The molecule has 0 heterocycles. The summed E-state index contributed by atoms with van der Waals surface area (Å²) in [6.45, 7) is 6.30. The zero-order chi connectivity index (χ0) is 22.6. The van der Waals surface area contributed by atoms with Gasteiger partial charge in [0.2, 0.25) is 0 Å². The quantitative estimate of drug-likeness (QED) is 0.674. The van der Waals surface area contributed by atoms with Gasteiger partial charge in [0.1, 0.15) is 11.4 Å². The van der Waals surface area contributed by atoms with Gasteiger partial charge in [0.15, 0.2) is 5.75 Å². The fraction of sp³-hybridized carbons (Fsp3) is 0.667. The van der Waals surface area contributed by atoms with E-state index >= 15 is 0 Å². The summed E-state index contributed by atoms with van der Waals surface area (Å²) in [6.07, 6.45) is 10.5. The Morgan fingerprint density at radius 1 is 1.23 bits per heavy atom. The number of benzene rings is 1. The van der Waals surface area contributed by atoms with E-state index in [-0.39, 0.29) is 28.7 Å². The third-order valence-corrected chi connectivity index (χ3v) is 9.91. The van der Waals surface area contributed by atoms with Crippen LogP contribution in [0.2, 0.25) is 0 Å². The van der Waals surface area contributed by atoms with Gasteiger partial charge in [-0.15, -0.1) is 6.42 Å². The van der Waals surface area contributed by atoms with E-state index in [9.17, 15) is 18.6 Å². The molecule has 0 amide bonds. The first-order valence-electron chi connectivity index (χ1n) is 11.4. The molecule has 0 spiro atoms. The number of aliphatic hydroxyl groups is 1. The zero-order valence-electron chi connectivity index (χ0n) is 18.6. The number of aryl methyl sites for hydroxylation is 1. The van der Waals surface area contributed by atoms with Gasteiger partial charge >= 0.3 is 10.3 Å². The molecule has 31 heavy (non-hydrogen) atoms. The highest BCUT2D eigenvalue weighted by atomic mass is 32.2. The monoisotopic (exact) mass is 447 g/mol. The van der Waals surface area contributed by atoms with E-state index in [2.05, 4.69) is 12.8 Å². The summed E-state index contributed by atoms with van der Waals surface area (Å²) in [7, 11) is -3.96. The number of hydrogen-bond acceptors (Lipinski definition) is 5. The lowest BCUT2D eigenvalue weighted by atomic mass is 9.53. The Balaban J connectivity index is 1.74. The summed E-state index contributed by atoms with van der Waals surface area (Å²) in [5.41, 5.74) is 0.456. The van der Waals surface area contributed by atoms with Crippen molar-refractivity contribution < 1.29 is 22.8 Å². The molecule has 3 aliphatic carbocycles. The highest BCUT2D eigenvalue weighted by Crippen LogP contribution is 2.65. The van der Waals surface area contributed by atoms with E-state index < -0.39 is 15.9 Å². The molecule has 1 unspecified atom stereocenters. The maximum absolute atomic E-state index is 12.8. The molecule has 5 atom stereocenters. The van der Waals surface area contributed by atoms with Crippen molar-refractivity contribution in [2.45, 2.75) is 70.8 Å². The third-order valence-electron chi connectivity index (χ3n) is 8.37. The van der Waals surface area contributed by atoms with Crippen molar-refractivity contribution in [1.29, 1.82) is 0 Å². The minimum atomic E-state index is -3.96. The number of aromatic hydroxyl groups is 1. The average molecular weight is 448 g/mol. The third kappa shape index (κ3) is 3.35. The van der Waals surface area contributed by atoms with E-state index in [1.54, 1.807) is 19.9 Å². The molecule has 0 bridgehead atoms. The lowest BCUT2D eigenvalue weighted by Gasteiger charge is -2.52. The Bertz CT molecular complexity index is 1010. The van der Waals surface area contributed by atoms with Gasteiger partial charge in [0.05, 0.1) is 0 Å². The van der Waals surface area contributed by atoms with E-state index in [1.165, 1.54) is 10.4 Å². The Labute approximate surface area is 185 Å². The molecule has 6 nitrogen and oxygen atoms in total. The summed E-state index contributed by atoms with van der Waals surface area (Å²) >= 11 is 0. The zero-order valence-corrected chi connectivity index (χ0v) is 19.4. The van der Waals surface area contributed by atoms with Crippen molar-refractivity contribution in [3.63, 3.8) is 0 Å². The van der Waals surface area contributed by atoms with Crippen LogP contribution in [0.15, 0.2) is 12.1 Å². The standard InChI is InChI=1S/C24H33NO5S/c1-5-24(27)13-11-20-18-9-8-16-14-17(26)15-21(30-31(28,29)25(6-2)7-3)22(16)19(18)10-12-23(20,24)4/h1,14-15,18-20,26-27H,6-13H2,2-4H3/t18-,19+,20+,23?,24+/m1/s1. The molecule has 1 aromatic rings. The van der Waals surface area contributed by atoms with Gasteiger partial charge in [0, 0.05) is 30.1 Å². The Hall–Kier alpha value is -1.75. The molecule has 0 radical (unpaired) electrons. The van der Waals surface area contributed by atoms with Crippen LogP contribution in [0.5, 0.6) is 11.5 Å². The van der Waals surface area contributed by atoms with Crippen LogP contribution in [0.4, 0.5) is 0 Å². The minimum absolute atomic E-state index is 0.0187. The van der Waals surface area contributed by atoms with Gasteiger partial charge in [-0.1, -0.05) is 26.7 Å². The van der Waals surface area contributed by atoms with Crippen LogP contribution < -0.4 is 4.18 Å². The van der Waals surface area contributed by atoms with Crippen molar-refractivity contribution >= 4 is 10.3 Å². The van der Waals surface area contributed by atoms with Gasteiger partial charge in [-0.3, -0.25) is 0 Å². The molecule has 2 saturated carbocycles. The highest BCUT2D eigenvalue weighted by molar-refractivity contribution is 7.84. The van der Waals surface area contributed by atoms with Crippen LogP contribution in [-0.2, 0) is 16.7 Å². The maximum atomic E-state index is 12.8. The van der Waals surface area contributed by atoms with E-state index in [4.69, 9.17) is 10.6 Å². The second-order valence-electron chi connectivity index (χ2n) is 9.56. The first-order chi connectivity index (χ1) is 14.6. The second kappa shape index (κ2) is 7.68. The molecular weight excluding hydrogens is 414 g/mol. The maximum Gasteiger partial charge on any atom is 0.385 e. The highest BCUT2D eigenvalue weighted by Gasteiger charge is 2.61. The van der Waals surface area contributed by atoms with Crippen LogP contribution in [0.1, 0.15) is 69.9 Å². The molecule has 1 aromatic carbocycles. The molecular formula is C24H33NO5S. The van der Waals surface area contributed by atoms with Crippen LogP contribution in [0.3, 0.4) is 0 Å². The Kier molecular flexibility index (Phi) is 5.56. The van der Waals surface area contributed by atoms with Crippen LogP contribution >= 0.6 is 0 Å². The fourth-order valence-electron chi connectivity index (χ4n) is 6.69. The number of nitrogens with zero attached hydrogens (tertiary/aromatic N) is 1. The number of hydrogen-bond donors (Lipinski definition) is 2. The van der Waals surface area contributed by atoms with Gasteiger partial charge in [-0.25, -0.2) is 0 Å². The average Bonchev–Trinajstić information content (AvgIpc) is 2.99. The molecule has 4 rings (SSSR count). The largest absolute Gasteiger partial charge is 0.508 e. The summed E-state index contributed by atoms with van der Waals surface area (Å²) < 4.78 is 32.6. The van der Waals surface area contributed by atoms with E-state index in [0.717, 1.165) is 43.2 Å². The molecule has 0 saturated heterocycles. The Morgan fingerprint density at radius 3 is 2.58 bits per heavy atom. The van der Waals surface area contributed by atoms with Crippen molar-refractivity contribution in [2.24, 2.45) is 17.3 Å². The van der Waals surface area contributed by atoms with Gasteiger partial charge in [0.25, 0.3) is 0 Å². The molecule has 0 aromatic heterocycles. The predicted octanol–water partition coefficient (Wildman–Crippen LogP) is 3.58. The van der Waals surface area contributed by atoms with Crippen LogP contribution in [-0.4, -0.2) is 41.6 Å². The normalized spacial score (nSPS) is 34.5. The second-order valence-corrected chi connectivity index (χ2v) is 11.1. The molecule has 170 valence electrons. The van der Waals surface area contributed by atoms with Crippen molar-refractivity contribution in [3.05, 3.63) is 23.3 Å². The summed E-state index contributed by atoms with van der Waals surface area (Å²) in [6, 6.07) is 3.17. The number of phenolic OH excluding ortho intramolecular Hbond substituents is 1. The van der Waals surface area contributed by atoms with E-state index in [0.29, 0.717) is 25.4 Å². The molecule has 7 heteroatoms. The number of rotatable bonds is 5. The summed E-state index contributed by atoms with van der Waals surface area (Å²) in [5.74, 6) is 3.65. The van der Waals surface area contributed by atoms with Crippen molar-refractivity contribution in [3.8, 4) is 23.8 Å². The minimum Gasteiger partial charge on any atom is -0.508 e. The fourth-order valence-corrected chi connectivity index (χ4v) is 7.80. The molecule has 3 aliphatic rings. The van der Waals surface area contributed by atoms with Gasteiger partial charge in [-0.05, 0) is 67.9 Å². The Morgan fingerprint density at radius 2 is 1.94 bits per heavy atom. The van der Waals surface area contributed by atoms with Crippen molar-refractivity contribution in [1.82, 2.24) is 4.31 Å². The summed E-state index contributed by atoms with van der Waals surface area (Å²) in [5, 5.41) is 21.4. The number of terminal acetylenes is 1. The van der Waals surface area contributed by atoms with Crippen LogP contribution in [0.25, 0.3) is 0 Å². The molecule has 2 fully saturated rings. The summed E-state index contributed by atoms with van der Waals surface area (Å²) in [4.78, 5) is 0. The van der Waals surface area contributed by atoms with Gasteiger partial charge in [-0.2, -0.15) is 12.7 Å². The molecule has 2 N–H and O–H groups in total. The van der Waals surface area contributed by atoms with Gasteiger partial charge < -0.3 is 14.4 Å². The van der Waals surface area contributed by atoms with Crippen LogP contribution in [0, 0.1) is 29.6 Å².